The van der Waals surface area contributed by atoms with E-state index in [4.69, 9.17) is 9.47 Å². The van der Waals surface area contributed by atoms with E-state index in [1.807, 2.05) is 18.2 Å². The molecule has 0 unspecified atom stereocenters. The summed E-state index contributed by atoms with van der Waals surface area (Å²) in [5, 5.41) is 5.80. The van der Waals surface area contributed by atoms with Gasteiger partial charge in [0.05, 0.1) is 0 Å². The lowest BCUT2D eigenvalue weighted by Gasteiger charge is -2.30. The van der Waals surface area contributed by atoms with Crippen molar-refractivity contribution in [3.05, 3.63) is 23.8 Å². The first-order chi connectivity index (χ1) is 11.7. The van der Waals surface area contributed by atoms with E-state index >= 15 is 0 Å². The maximum atomic E-state index is 11.9. The predicted molar refractivity (Wildman–Crippen MR) is 92.3 cm³/mol. The largest absolute Gasteiger partial charge is 0.454 e. The molecule has 1 aromatic rings. The van der Waals surface area contributed by atoms with E-state index in [9.17, 15) is 4.79 Å². The van der Waals surface area contributed by atoms with Gasteiger partial charge in [-0.2, -0.15) is 0 Å². The lowest BCUT2D eigenvalue weighted by molar-refractivity contribution is 0.174. The zero-order chi connectivity index (χ0) is 16.8. The smallest absolute Gasteiger partial charge is 0.315 e. The van der Waals surface area contributed by atoms with Crippen LogP contribution in [0.15, 0.2) is 18.2 Å². The van der Waals surface area contributed by atoms with Crippen molar-refractivity contribution in [2.75, 3.05) is 33.0 Å². The molecule has 2 aliphatic heterocycles. The number of rotatable bonds is 6. The number of ether oxygens (including phenoxy) is 2. The third-order valence-electron chi connectivity index (χ3n) is 4.70. The molecule has 2 heterocycles. The van der Waals surface area contributed by atoms with Gasteiger partial charge in [-0.1, -0.05) is 13.0 Å². The van der Waals surface area contributed by atoms with Crippen LogP contribution in [0.2, 0.25) is 0 Å². The van der Waals surface area contributed by atoms with Gasteiger partial charge in [-0.05, 0) is 62.5 Å². The van der Waals surface area contributed by atoms with E-state index in [0.717, 1.165) is 35.9 Å². The lowest BCUT2D eigenvalue weighted by Crippen LogP contribution is -2.38. The minimum absolute atomic E-state index is 0.125. The van der Waals surface area contributed by atoms with Gasteiger partial charge >= 0.3 is 6.03 Å². The second kappa shape index (κ2) is 8.24. The summed E-state index contributed by atoms with van der Waals surface area (Å²) in [7, 11) is 0. The normalized spacial score (nSPS) is 17.7. The Morgan fingerprint density at radius 2 is 2.00 bits per heavy atom. The Morgan fingerprint density at radius 1 is 1.21 bits per heavy atom. The summed E-state index contributed by atoms with van der Waals surface area (Å²) in [4.78, 5) is 14.3. The van der Waals surface area contributed by atoms with Gasteiger partial charge < -0.3 is 25.0 Å². The molecular weight excluding hydrogens is 306 g/mol. The summed E-state index contributed by atoms with van der Waals surface area (Å²) in [5.74, 6) is 2.36. The Labute approximate surface area is 143 Å². The van der Waals surface area contributed by atoms with Crippen molar-refractivity contribution in [1.82, 2.24) is 15.5 Å². The number of benzene rings is 1. The minimum atomic E-state index is -0.125. The molecule has 3 rings (SSSR count). The maximum absolute atomic E-state index is 11.9. The number of amides is 2. The highest BCUT2D eigenvalue weighted by Gasteiger charge is 2.15. The number of likely N-dealkylation sites (tertiary alicyclic amines) is 1. The summed E-state index contributed by atoms with van der Waals surface area (Å²) < 4.78 is 10.6. The van der Waals surface area contributed by atoms with Crippen molar-refractivity contribution in [1.29, 1.82) is 0 Å². The highest BCUT2D eigenvalue weighted by molar-refractivity contribution is 5.73. The molecule has 2 N–H and O–H groups in total. The number of urea groups is 1. The molecule has 6 heteroatoms. The maximum Gasteiger partial charge on any atom is 0.315 e. The number of nitrogens with one attached hydrogen (secondary N) is 2. The fraction of sp³-hybridized carbons (Fsp3) is 0.611. The number of carbonyl (C=O) groups excluding carboxylic acids is 1. The monoisotopic (exact) mass is 333 g/mol. The van der Waals surface area contributed by atoms with Crippen molar-refractivity contribution in [2.24, 2.45) is 5.92 Å². The summed E-state index contributed by atoms with van der Waals surface area (Å²) in [6.45, 7) is 7.22. The van der Waals surface area contributed by atoms with Gasteiger partial charge in [0.15, 0.2) is 11.5 Å². The Hall–Kier alpha value is -1.95. The SMILES string of the molecule is CC1CCN(CCCNC(=O)NCc2ccc3c(c2)OCO3)CC1. The van der Waals surface area contributed by atoms with Crippen molar-refractivity contribution in [2.45, 2.75) is 32.7 Å². The van der Waals surface area contributed by atoms with Crippen LogP contribution in [0.25, 0.3) is 0 Å². The van der Waals surface area contributed by atoms with Gasteiger partial charge in [-0.15, -0.1) is 0 Å². The van der Waals surface area contributed by atoms with E-state index in [1.165, 1.54) is 25.9 Å². The van der Waals surface area contributed by atoms with E-state index < -0.39 is 0 Å². The Balaban J connectivity index is 1.29. The third kappa shape index (κ3) is 4.77. The highest BCUT2D eigenvalue weighted by Crippen LogP contribution is 2.32. The van der Waals surface area contributed by atoms with E-state index in [1.54, 1.807) is 0 Å². The van der Waals surface area contributed by atoms with Crippen LogP contribution < -0.4 is 20.1 Å². The van der Waals surface area contributed by atoms with Gasteiger partial charge in [0.25, 0.3) is 0 Å². The molecule has 1 saturated heterocycles. The zero-order valence-corrected chi connectivity index (χ0v) is 14.3. The molecule has 0 atom stereocenters. The van der Waals surface area contributed by atoms with Crippen LogP contribution in [0.3, 0.4) is 0 Å². The summed E-state index contributed by atoms with van der Waals surface area (Å²) in [6, 6.07) is 5.59. The zero-order valence-electron chi connectivity index (χ0n) is 14.3. The second-order valence-electron chi connectivity index (χ2n) is 6.67. The molecule has 2 amide bonds. The molecule has 6 nitrogen and oxygen atoms in total. The fourth-order valence-corrected chi connectivity index (χ4v) is 3.09. The second-order valence-corrected chi connectivity index (χ2v) is 6.67. The number of hydrogen-bond acceptors (Lipinski definition) is 4. The number of piperidine rings is 1. The van der Waals surface area contributed by atoms with Crippen LogP contribution in [0, 0.1) is 5.92 Å². The molecule has 132 valence electrons. The van der Waals surface area contributed by atoms with Gasteiger partial charge in [-0.3, -0.25) is 0 Å². The van der Waals surface area contributed by atoms with Crippen LogP contribution in [0.4, 0.5) is 4.79 Å². The van der Waals surface area contributed by atoms with Crippen molar-refractivity contribution >= 4 is 6.03 Å². The summed E-state index contributed by atoms with van der Waals surface area (Å²) in [6.07, 6.45) is 3.58. The lowest BCUT2D eigenvalue weighted by atomic mass is 9.99. The highest BCUT2D eigenvalue weighted by atomic mass is 16.7. The van der Waals surface area contributed by atoms with Crippen LogP contribution in [0.5, 0.6) is 11.5 Å². The summed E-state index contributed by atoms with van der Waals surface area (Å²) in [5.41, 5.74) is 0.997. The third-order valence-corrected chi connectivity index (χ3v) is 4.70. The Bertz CT molecular complexity index is 556. The molecule has 0 spiro atoms. The van der Waals surface area contributed by atoms with Gasteiger partial charge in [-0.25, -0.2) is 4.79 Å². The van der Waals surface area contributed by atoms with E-state index in [2.05, 4.69) is 22.5 Å². The first-order valence-corrected chi connectivity index (χ1v) is 8.83. The molecule has 0 aliphatic carbocycles. The average molecular weight is 333 g/mol. The molecule has 2 aliphatic rings. The molecule has 0 saturated carbocycles. The van der Waals surface area contributed by atoms with Crippen molar-refractivity contribution in [3.8, 4) is 11.5 Å². The average Bonchev–Trinajstić information content (AvgIpc) is 3.06. The molecule has 1 fully saturated rings. The van der Waals surface area contributed by atoms with E-state index in [-0.39, 0.29) is 12.8 Å². The Kier molecular flexibility index (Phi) is 5.80. The van der Waals surface area contributed by atoms with Gasteiger partial charge in [0.1, 0.15) is 0 Å². The molecule has 0 bridgehead atoms. The van der Waals surface area contributed by atoms with Crippen LogP contribution >= 0.6 is 0 Å². The number of fused-ring (bicyclic) bond motifs is 1. The van der Waals surface area contributed by atoms with Crippen molar-refractivity contribution < 1.29 is 14.3 Å². The predicted octanol–water partition coefficient (Wildman–Crippen LogP) is 2.34. The number of nitrogens with zero attached hydrogens (tertiary/aromatic N) is 1. The standard InChI is InChI=1S/C18H27N3O3/c1-14-5-9-21(10-6-14)8-2-7-19-18(22)20-12-15-3-4-16-17(11-15)24-13-23-16/h3-4,11,14H,2,5-10,12-13H2,1H3,(H2,19,20,22). The first kappa shape index (κ1) is 16.9. The van der Waals surface area contributed by atoms with E-state index in [0.29, 0.717) is 13.1 Å². The van der Waals surface area contributed by atoms with Gasteiger partial charge in [0.2, 0.25) is 6.79 Å². The molecule has 0 radical (unpaired) electrons. The minimum Gasteiger partial charge on any atom is -0.454 e. The number of carbonyl (C=O) groups is 1. The first-order valence-electron chi connectivity index (χ1n) is 8.83. The van der Waals surface area contributed by atoms with Crippen LogP contribution in [-0.4, -0.2) is 43.9 Å². The molecule has 24 heavy (non-hydrogen) atoms. The molecule has 0 aromatic heterocycles. The fourth-order valence-electron chi connectivity index (χ4n) is 3.09. The molecular formula is C18H27N3O3. The molecule has 1 aromatic carbocycles. The summed E-state index contributed by atoms with van der Waals surface area (Å²) >= 11 is 0. The Morgan fingerprint density at radius 3 is 2.83 bits per heavy atom. The van der Waals surface area contributed by atoms with Crippen LogP contribution in [0.1, 0.15) is 31.7 Å². The quantitative estimate of drug-likeness (QED) is 0.785. The number of hydrogen-bond donors (Lipinski definition) is 2. The van der Waals surface area contributed by atoms with Crippen molar-refractivity contribution in [3.63, 3.8) is 0 Å². The van der Waals surface area contributed by atoms with Gasteiger partial charge in [0, 0.05) is 13.1 Å². The van der Waals surface area contributed by atoms with Crippen LogP contribution in [-0.2, 0) is 6.54 Å². The topological polar surface area (TPSA) is 62.8 Å².